The molecular weight excluding hydrogens is 229 g/mol. The molecule has 1 aromatic rings. The Morgan fingerprint density at radius 2 is 2.17 bits per heavy atom. The molecule has 0 amide bonds. The predicted octanol–water partition coefficient (Wildman–Crippen LogP) is 1.47. The Morgan fingerprint density at radius 1 is 1.39 bits per heavy atom. The van der Waals surface area contributed by atoms with Crippen molar-refractivity contribution in [1.29, 1.82) is 0 Å². The number of halogens is 1. The summed E-state index contributed by atoms with van der Waals surface area (Å²) < 4.78 is 13.3. The van der Waals surface area contributed by atoms with E-state index in [2.05, 4.69) is 23.8 Å². The van der Waals surface area contributed by atoms with Gasteiger partial charge in [0.2, 0.25) is 0 Å². The van der Waals surface area contributed by atoms with Crippen LogP contribution in [0.1, 0.15) is 12.5 Å². The second kappa shape index (κ2) is 5.67. The van der Waals surface area contributed by atoms with Gasteiger partial charge in [-0.25, -0.2) is 4.39 Å². The number of piperazine rings is 1. The zero-order chi connectivity index (χ0) is 13.1. The molecule has 1 aromatic carbocycles. The molecule has 1 aliphatic heterocycles. The van der Waals surface area contributed by atoms with Crippen LogP contribution in [0, 0.1) is 5.82 Å². The third-order valence-corrected chi connectivity index (χ3v) is 3.76. The highest BCUT2D eigenvalue weighted by Gasteiger charge is 2.22. The standard InChI is InChI=1S/C14H22FN3/c1-11-10-18(8-7-17(11)2)14-4-3-13(15)9-12(14)5-6-16/h3-4,9,11H,5-8,10,16H2,1-2H3. The first-order chi connectivity index (χ1) is 8.61. The number of hydrogen-bond donors (Lipinski definition) is 1. The maximum Gasteiger partial charge on any atom is 0.123 e. The van der Waals surface area contributed by atoms with Gasteiger partial charge in [-0.2, -0.15) is 0 Å². The first-order valence-electron chi connectivity index (χ1n) is 6.55. The van der Waals surface area contributed by atoms with Crippen molar-refractivity contribution in [1.82, 2.24) is 4.90 Å². The van der Waals surface area contributed by atoms with E-state index < -0.39 is 0 Å². The summed E-state index contributed by atoms with van der Waals surface area (Å²) in [6, 6.07) is 5.57. The van der Waals surface area contributed by atoms with Gasteiger partial charge < -0.3 is 15.5 Å². The highest BCUT2D eigenvalue weighted by atomic mass is 19.1. The van der Waals surface area contributed by atoms with Crippen LogP contribution in [0.15, 0.2) is 18.2 Å². The van der Waals surface area contributed by atoms with Gasteiger partial charge in [-0.15, -0.1) is 0 Å². The van der Waals surface area contributed by atoms with Crippen molar-refractivity contribution in [3.63, 3.8) is 0 Å². The third kappa shape index (κ3) is 2.82. The maximum absolute atomic E-state index is 13.3. The van der Waals surface area contributed by atoms with Crippen LogP contribution in [0.25, 0.3) is 0 Å². The molecule has 2 N–H and O–H groups in total. The Hall–Kier alpha value is -1.13. The molecule has 0 aliphatic carbocycles. The Labute approximate surface area is 108 Å². The average Bonchev–Trinajstić information content (AvgIpc) is 2.34. The zero-order valence-corrected chi connectivity index (χ0v) is 11.2. The lowest BCUT2D eigenvalue weighted by Gasteiger charge is -2.39. The average molecular weight is 251 g/mol. The van der Waals surface area contributed by atoms with Crippen LogP contribution >= 0.6 is 0 Å². The van der Waals surface area contributed by atoms with Gasteiger partial charge in [0.05, 0.1) is 0 Å². The summed E-state index contributed by atoms with van der Waals surface area (Å²) in [5, 5.41) is 0. The summed E-state index contributed by atoms with van der Waals surface area (Å²) in [5.74, 6) is -0.177. The lowest BCUT2D eigenvalue weighted by atomic mass is 10.1. The molecule has 0 radical (unpaired) electrons. The molecule has 1 saturated heterocycles. The van der Waals surface area contributed by atoms with E-state index in [0.29, 0.717) is 12.6 Å². The second-order valence-electron chi connectivity index (χ2n) is 5.09. The SMILES string of the molecule is CC1CN(c2ccc(F)cc2CCN)CCN1C. The van der Waals surface area contributed by atoms with Gasteiger partial charge in [-0.05, 0) is 50.7 Å². The Morgan fingerprint density at radius 3 is 2.83 bits per heavy atom. The first kappa shape index (κ1) is 13.3. The van der Waals surface area contributed by atoms with Crippen LogP contribution in [0.3, 0.4) is 0 Å². The fraction of sp³-hybridized carbons (Fsp3) is 0.571. The largest absolute Gasteiger partial charge is 0.368 e. The van der Waals surface area contributed by atoms with Gasteiger partial charge in [0.15, 0.2) is 0 Å². The third-order valence-electron chi connectivity index (χ3n) is 3.76. The molecule has 1 unspecified atom stereocenters. The van der Waals surface area contributed by atoms with E-state index in [1.165, 1.54) is 0 Å². The molecule has 0 spiro atoms. The van der Waals surface area contributed by atoms with Crippen LogP contribution < -0.4 is 10.6 Å². The van der Waals surface area contributed by atoms with E-state index in [1.54, 1.807) is 12.1 Å². The van der Waals surface area contributed by atoms with Gasteiger partial charge in [0.1, 0.15) is 5.82 Å². The molecule has 4 heteroatoms. The van der Waals surface area contributed by atoms with Gasteiger partial charge in [-0.3, -0.25) is 0 Å². The quantitative estimate of drug-likeness (QED) is 0.883. The minimum absolute atomic E-state index is 0.177. The number of benzene rings is 1. The molecule has 3 nitrogen and oxygen atoms in total. The van der Waals surface area contributed by atoms with Gasteiger partial charge >= 0.3 is 0 Å². The fourth-order valence-corrected chi connectivity index (χ4v) is 2.49. The molecule has 1 heterocycles. The Kier molecular flexibility index (Phi) is 4.19. The minimum atomic E-state index is -0.177. The van der Waals surface area contributed by atoms with E-state index in [-0.39, 0.29) is 5.82 Å². The second-order valence-corrected chi connectivity index (χ2v) is 5.09. The molecule has 1 fully saturated rings. The van der Waals surface area contributed by atoms with E-state index in [9.17, 15) is 4.39 Å². The highest BCUT2D eigenvalue weighted by Crippen LogP contribution is 2.24. The topological polar surface area (TPSA) is 32.5 Å². The van der Waals surface area contributed by atoms with E-state index in [4.69, 9.17) is 5.73 Å². The predicted molar refractivity (Wildman–Crippen MR) is 73.5 cm³/mol. The number of nitrogens with zero attached hydrogens (tertiary/aromatic N) is 2. The first-order valence-corrected chi connectivity index (χ1v) is 6.55. The van der Waals surface area contributed by atoms with Crippen LogP contribution in [0.2, 0.25) is 0 Å². The zero-order valence-electron chi connectivity index (χ0n) is 11.2. The van der Waals surface area contributed by atoms with E-state index >= 15 is 0 Å². The number of hydrogen-bond acceptors (Lipinski definition) is 3. The van der Waals surface area contributed by atoms with E-state index in [1.807, 2.05) is 6.07 Å². The van der Waals surface area contributed by atoms with Crippen molar-refractivity contribution in [3.8, 4) is 0 Å². The van der Waals surface area contributed by atoms with Crippen molar-refractivity contribution in [2.75, 3.05) is 38.1 Å². The lowest BCUT2D eigenvalue weighted by Crippen LogP contribution is -2.50. The molecule has 2 rings (SSSR count). The van der Waals surface area contributed by atoms with Crippen molar-refractivity contribution >= 4 is 5.69 Å². The molecular formula is C14H22FN3. The lowest BCUT2D eigenvalue weighted by molar-refractivity contribution is 0.234. The summed E-state index contributed by atoms with van der Waals surface area (Å²) in [6.45, 7) is 5.79. The molecule has 0 bridgehead atoms. The van der Waals surface area contributed by atoms with Crippen LogP contribution in [0.4, 0.5) is 10.1 Å². The normalized spacial score (nSPS) is 21.3. The summed E-state index contributed by atoms with van der Waals surface area (Å²) in [7, 11) is 2.15. The van der Waals surface area contributed by atoms with Crippen LogP contribution in [0.5, 0.6) is 0 Å². The van der Waals surface area contributed by atoms with Gasteiger partial charge in [-0.1, -0.05) is 0 Å². The monoisotopic (exact) mass is 251 g/mol. The number of nitrogens with two attached hydrogens (primary N) is 1. The van der Waals surface area contributed by atoms with Crippen molar-refractivity contribution in [2.45, 2.75) is 19.4 Å². The maximum atomic E-state index is 13.3. The number of anilines is 1. The Bertz CT molecular complexity index is 408. The Balaban J connectivity index is 2.22. The fourth-order valence-electron chi connectivity index (χ4n) is 2.49. The summed E-state index contributed by atoms with van der Waals surface area (Å²) in [4.78, 5) is 4.69. The molecule has 1 aliphatic rings. The van der Waals surface area contributed by atoms with Crippen LogP contribution in [-0.2, 0) is 6.42 Å². The number of rotatable bonds is 3. The molecule has 0 saturated carbocycles. The molecule has 18 heavy (non-hydrogen) atoms. The highest BCUT2D eigenvalue weighted by molar-refractivity contribution is 5.54. The summed E-state index contributed by atoms with van der Waals surface area (Å²) in [5.41, 5.74) is 7.77. The number of likely N-dealkylation sites (N-methyl/N-ethyl adjacent to an activating group) is 1. The van der Waals surface area contributed by atoms with Gasteiger partial charge in [0.25, 0.3) is 0 Å². The van der Waals surface area contributed by atoms with Crippen LogP contribution in [-0.4, -0.2) is 44.2 Å². The smallest absolute Gasteiger partial charge is 0.123 e. The van der Waals surface area contributed by atoms with Crippen molar-refractivity contribution in [2.24, 2.45) is 5.73 Å². The summed E-state index contributed by atoms with van der Waals surface area (Å²) >= 11 is 0. The van der Waals surface area contributed by atoms with Crippen molar-refractivity contribution in [3.05, 3.63) is 29.6 Å². The molecule has 100 valence electrons. The van der Waals surface area contributed by atoms with Crippen molar-refractivity contribution < 1.29 is 4.39 Å². The minimum Gasteiger partial charge on any atom is -0.368 e. The van der Waals surface area contributed by atoms with Gasteiger partial charge in [0, 0.05) is 31.4 Å². The molecule has 1 atom stereocenters. The molecule has 0 aromatic heterocycles. The summed E-state index contributed by atoms with van der Waals surface area (Å²) in [6.07, 6.45) is 0.730. The van der Waals surface area contributed by atoms with E-state index in [0.717, 1.165) is 37.3 Å².